The monoisotopic (exact) mass is 214 g/mol. The summed E-state index contributed by atoms with van der Waals surface area (Å²) in [6.45, 7) is 0. The van der Waals surface area contributed by atoms with Gasteiger partial charge in [-0.2, -0.15) is 0 Å². The molecule has 0 heterocycles. The van der Waals surface area contributed by atoms with E-state index in [0.29, 0.717) is 11.3 Å². The van der Waals surface area contributed by atoms with Crippen molar-refractivity contribution in [3.8, 4) is 5.75 Å². The number of aliphatic carboxylic acids is 1. The SMILES string of the molecule is COc1ccc(F)cc1C[C@@H](O)C(=O)O. The van der Waals surface area contributed by atoms with Gasteiger partial charge >= 0.3 is 5.97 Å². The van der Waals surface area contributed by atoms with E-state index in [1.54, 1.807) is 0 Å². The highest BCUT2D eigenvalue weighted by molar-refractivity contribution is 5.72. The fourth-order valence-corrected chi connectivity index (χ4v) is 1.20. The van der Waals surface area contributed by atoms with Gasteiger partial charge in [0, 0.05) is 12.0 Å². The Balaban J connectivity index is 2.91. The Hall–Kier alpha value is -1.62. The van der Waals surface area contributed by atoms with E-state index in [9.17, 15) is 9.18 Å². The molecule has 0 unspecified atom stereocenters. The lowest BCUT2D eigenvalue weighted by Crippen LogP contribution is -2.22. The first-order valence-corrected chi connectivity index (χ1v) is 4.28. The number of rotatable bonds is 4. The number of aliphatic hydroxyl groups is 1. The van der Waals surface area contributed by atoms with Crippen molar-refractivity contribution < 1.29 is 24.1 Å². The van der Waals surface area contributed by atoms with Crippen molar-refractivity contribution in [2.45, 2.75) is 12.5 Å². The van der Waals surface area contributed by atoms with Gasteiger partial charge in [-0.05, 0) is 18.2 Å². The summed E-state index contributed by atoms with van der Waals surface area (Å²) < 4.78 is 17.8. The maximum Gasteiger partial charge on any atom is 0.332 e. The normalized spacial score (nSPS) is 12.2. The second-order valence-corrected chi connectivity index (χ2v) is 3.01. The molecule has 4 nitrogen and oxygen atoms in total. The van der Waals surface area contributed by atoms with E-state index < -0.39 is 17.9 Å². The third-order valence-corrected chi connectivity index (χ3v) is 1.94. The van der Waals surface area contributed by atoms with Crippen molar-refractivity contribution in [2.24, 2.45) is 0 Å². The summed E-state index contributed by atoms with van der Waals surface area (Å²) in [5.74, 6) is -1.48. The lowest BCUT2D eigenvalue weighted by molar-refractivity contribution is -0.146. The Morgan fingerprint density at radius 1 is 1.60 bits per heavy atom. The Morgan fingerprint density at radius 3 is 2.80 bits per heavy atom. The molecule has 0 spiro atoms. The van der Waals surface area contributed by atoms with Crippen LogP contribution in [0.2, 0.25) is 0 Å². The fourth-order valence-electron chi connectivity index (χ4n) is 1.20. The maximum absolute atomic E-state index is 12.9. The molecule has 0 bridgehead atoms. The molecule has 0 aromatic heterocycles. The van der Waals surface area contributed by atoms with Crippen molar-refractivity contribution in [3.05, 3.63) is 29.6 Å². The fraction of sp³-hybridized carbons (Fsp3) is 0.300. The van der Waals surface area contributed by atoms with Gasteiger partial charge in [0.25, 0.3) is 0 Å². The van der Waals surface area contributed by atoms with Gasteiger partial charge in [-0.25, -0.2) is 9.18 Å². The predicted octanol–water partition coefficient (Wildman–Crippen LogP) is 0.822. The number of carbonyl (C=O) groups is 1. The van der Waals surface area contributed by atoms with E-state index in [1.807, 2.05) is 0 Å². The molecule has 1 aromatic carbocycles. The molecule has 1 rings (SSSR count). The maximum atomic E-state index is 12.9. The minimum atomic E-state index is -1.55. The highest BCUT2D eigenvalue weighted by atomic mass is 19.1. The summed E-state index contributed by atoms with van der Waals surface area (Å²) in [5.41, 5.74) is 0.326. The molecule has 0 aliphatic rings. The van der Waals surface area contributed by atoms with E-state index in [1.165, 1.54) is 19.2 Å². The van der Waals surface area contributed by atoms with E-state index in [0.717, 1.165) is 6.07 Å². The number of methoxy groups -OCH3 is 1. The molecular formula is C10H11FO4. The van der Waals surface area contributed by atoms with Gasteiger partial charge < -0.3 is 14.9 Å². The number of ether oxygens (including phenoxy) is 1. The summed E-state index contributed by atoms with van der Waals surface area (Å²) in [6.07, 6.45) is -1.74. The Labute approximate surface area is 85.9 Å². The first-order chi connectivity index (χ1) is 7.04. The third-order valence-electron chi connectivity index (χ3n) is 1.94. The van der Waals surface area contributed by atoms with E-state index in [2.05, 4.69) is 0 Å². The lowest BCUT2D eigenvalue weighted by Gasteiger charge is -2.10. The first kappa shape index (κ1) is 11.5. The van der Waals surface area contributed by atoms with E-state index in [4.69, 9.17) is 14.9 Å². The Bertz CT molecular complexity index is 364. The van der Waals surface area contributed by atoms with Crippen LogP contribution in [0.15, 0.2) is 18.2 Å². The van der Waals surface area contributed by atoms with Gasteiger partial charge in [0.15, 0.2) is 6.10 Å². The van der Waals surface area contributed by atoms with Gasteiger partial charge in [-0.3, -0.25) is 0 Å². The standard InChI is InChI=1S/C10H11FO4/c1-15-9-3-2-7(11)4-6(9)5-8(12)10(13)14/h2-4,8,12H,5H2,1H3,(H,13,14)/t8-/m1/s1. The zero-order valence-electron chi connectivity index (χ0n) is 8.11. The molecular weight excluding hydrogens is 203 g/mol. The van der Waals surface area contributed by atoms with Crippen molar-refractivity contribution in [1.29, 1.82) is 0 Å². The highest BCUT2D eigenvalue weighted by Crippen LogP contribution is 2.20. The second-order valence-electron chi connectivity index (χ2n) is 3.01. The highest BCUT2D eigenvalue weighted by Gasteiger charge is 2.16. The molecule has 0 fully saturated rings. The van der Waals surface area contributed by atoms with E-state index >= 15 is 0 Å². The molecule has 0 aliphatic heterocycles. The van der Waals surface area contributed by atoms with Crippen LogP contribution in [0.25, 0.3) is 0 Å². The van der Waals surface area contributed by atoms with E-state index in [-0.39, 0.29) is 6.42 Å². The van der Waals surface area contributed by atoms with Gasteiger partial charge in [0.05, 0.1) is 7.11 Å². The molecule has 15 heavy (non-hydrogen) atoms. The summed E-state index contributed by atoms with van der Waals surface area (Å²) in [5, 5.41) is 17.6. The number of halogens is 1. The predicted molar refractivity (Wildman–Crippen MR) is 50.3 cm³/mol. The topological polar surface area (TPSA) is 66.8 Å². The summed E-state index contributed by atoms with van der Waals surface area (Å²) >= 11 is 0. The minimum absolute atomic E-state index is 0.184. The molecule has 0 radical (unpaired) electrons. The molecule has 1 atom stereocenters. The quantitative estimate of drug-likeness (QED) is 0.778. The number of carboxylic acids is 1. The van der Waals surface area contributed by atoms with Crippen LogP contribution in [0.1, 0.15) is 5.56 Å². The summed E-state index contributed by atoms with van der Waals surface area (Å²) in [6, 6.07) is 3.74. The zero-order valence-corrected chi connectivity index (χ0v) is 8.11. The number of carboxylic acid groups (broad SMARTS) is 1. The van der Waals surface area contributed by atoms with Crippen molar-refractivity contribution in [3.63, 3.8) is 0 Å². The Kier molecular flexibility index (Phi) is 3.62. The van der Waals surface area contributed by atoms with Gasteiger partial charge in [0.1, 0.15) is 11.6 Å². The third kappa shape index (κ3) is 2.92. The van der Waals surface area contributed by atoms with Gasteiger partial charge in [0.2, 0.25) is 0 Å². The average molecular weight is 214 g/mol. The van der Waals surface area contributed by atoms with Crippen LogP contribution in [0.5, 0.6) is 5.75 Å². The lowest BCUT2D eigenvalue weighted by atomic mass is 10.1. The first-order valence-electron chi connectivity index (χ1n) is 4.28. The van der Waals surface area contributed by atoms with Crippen molar-refractivity contribution in [1.82, 2.24) is 0 Å². The van der Waals surface area contributed by atoms with Crippen LogP contribution in [0, 0.1) is 5.82 Å². The molecule has 0 aliphatic carbocycles. The molecule has 0 saturated carbocycles. The van der Waals surface area contributed by atoms with Crippen LogP contribution < -0.4 is 4.74 Å². The van der Waals surface area contributed by atoms with Crippen LogP contribution in [0.3, 0.4) is 0 Å². The molecule has 0 saturated heterocycles. The number of aliphatic hydroxyl groups excluding tert-OH is 1. The smallest absolute Gasteiger partial charge is 0.332 e. The molecule has 0 amide bonds. The number of hydrogen-bond donors (Lipinski definition) is 2. The average Bonchev–Trinajstić information content (AvgIpc) is 2.18. The summed E-state index contributed by atoms with van der Waals surface area (Å²) in [4.78, 5) is 10.4. The molecule has 1 aromatic rings. The van der Waals surface area contributed by atoms with Crippen molar-refractivity contribution in [2.75, 3.05) is 7.11 Å². The minimum Gasteiger partial charge on any atom is -0.496 e. The zero-order chi connectivity index (χ0) is 11.4. The second kappa shape index (κ2) is 4.75. The van der Waals surface area contributed by atoms with Crippen molar-refractivity contribution >= 4 is 5.97 Å². The molecule has 82 valence electrons. The van der Waals surface area contributed by atoms with Crippen LogP contribution in [-0.2, 0) is 11.2 Å². The molecule has 2 N–H and O–H groups in total. The van der Waals surface area contributed by atoms with Gasteiger partial charge in [-0.15, -0.1) is 0 Å². The van der Waals surface area contributed by atoms with Gasteiger partial charge in [-0.1, -0.05) is 0 Å². The largest absolute Gasteiger partial charge is 0.496 e. The number of hydrogen-bond acceptors (Lipinski definition) is 3. The van der Waals surface area contributed by atoms with Crippen LogP contribution >= 0.6 is 0 Å². The molecule has 5 heteroatoms. The Morgan fingerprint density at radius 2 is 2.27 bits per heavy atom. The van der Waals surface area contributed by atoms with Crippen LogP contribution in [0.4, 0.5) is 4.39 Å². The summed E-state index contributed by atoms with van der Waals surface area (Å²) in [7, 11) is 1.39. The van der Waals surface area contributed by atoms with Crippen LogP contribution in [-0.4, -0.2) is 29.4 Å². The number of benzene rings is 1.